The molecule has 1 aliphatic rings. The van der Waals surface area contributed by atoms with Gasteiger partial charge < -0.3 is 10.1 Å². The Kier molecular flexibility index (Phi) is 4.63. The van der Waals surface area contributed by atoms with Crippen LogP contribution in [0.25, 0.3) is 22.3 Å². The Hall–Kier alpha value is -3.74. The van der Waals surface area contributed by atoms with Gasteiger partial charge in [-0.05, 0) is 58.7 Å². The van der Waals surface area contributed by atoms with Crippen LogP contribution in [-0.4, -0.2) is 0 Å². The van der Waals surface area contributed by atoms with Gasteiger partial charge in [0.2, 0.25) is 0 Å². The molecule has 4 heteroatoms. The van der Waals surface area contributed by atoms with Gasteiger partial charge in [-0.3, -0.25) is 0 Å². The van der Waals surface area contributed by atoms with Crippen molar-refractivity contribution in [1.29, 1.82) is 5.26 Å². The maximum Gasteiger partial charge on any atom is 0.196 e. The third-order valence-corrected chi connectivity index (χ3v) is 5.50. The van der Waals surface area contributed by atoms with Gasteiger partial charge in [-0.25, -0.2) is 0 Å². The van der Waals surface area contributed by atoms with Crippen LogP contribution in [0.1, 0.15) is 17.4 Å². The lowest BCUT2D eigenvalue weighted by Gasteiger charge is -2.11. The fraction of sp³-hybridized carbons (Fsp3) is 0.0385. The molecule has 1 unspecified atom stereocenters. The average Bonchev–Trinajstić information content (AvgIpc) is 3.23. The first-order valence-corrected chi connectivity index (χ1v) is 10.0. The topological polar surface area (TPSA) is 45.0 Å². The van der Waals surface area contributed by atoms with Crippen LogP contribution in [0.3, 0.4) is 0 Å². The summed E-state index contributed by atoms with van der Waals surface area (Å²) in [6, 6.07) is 32.1. The molecule has 1 heterocycles. The molecule has 1 aliphatic heterocycles. The number of ether oxygens (including phenoxy) is 1. The lowest BCUT2D eigenvalue weighted by atomic mass is 9.99. The number of fused-ring (bicyclic) bond motifs is 1. The van der Waals surface area contributed by atoms with E-state index in [1.54, 1.807) is 0 Å². The molecule has 0 spiro atoms. The zero-order valence-corrected chi connectivity index (χ0v) is 16.7. The molecule has 0 fully saturated rings. The summed E-state index contributed by atoms with van der Waals surface area (Å²) in [5.41, 5.74) is 7.10. The lowest BCUT2D eigenvalue weighted by molar-refractivity contribution is 0.260. The minimum Gasteiger partial charge on any atom is -0.464 e. The largest absolute Gasteiger partial charge is 0.464 e. The van der Waals surface area contributed by atoms with E-state index < -0.39 is 0 Å². The van der Waals surface area contributed by atoms with Gasteiger partial charge in [0, 0.05) is 10.6 Å². The van der Waals surface area contributed by atoms with E-state index in [1.807, 2.05) is 48.5 Å². The molecule has 144 valence electrons. The van der Waals surface area contributed by atoms with E-state index in [0.717, 1.165) is 39.3 Å². The third-order valence-electron chi connectivity index (χ3n) is 5.25. The van der Waals surface area contributed by atoms with Crippen molar-refractivity contribution in [2.45, 2.75) is 6.23 Å². The molecule has 0 amide bonds. The third kappa shape index (κ3) is 3.50. The van der Waals surface area contributed by atoms with Gasteiger partial charge >= 0.3 is 0 Å². The molecule has 0 saturated carbocycles. The Bertz CT molecular complexity index is 1240. The van der Waals surface area contributed by atoms with Crippen molar-refractivity contribution in [3.63, 3.8) is 0 Å². The van der Waals surface area contributed by atoms with E-state index in [1.165, 1.54) is 0 Å². The second-order valence-corrected chi connectivity index (χ2v) is 7.61. The number of hydrogen-bond acceptors (Lipinski definition) is 3. The Labute approximate surface area is 180 Å². The number of hydrogen-bond donors (Lipinski definition) is 1. The van der Waals surface area contributed by atoms with E-state index in [0.29, 0.717) is 10.6 Å². The van der Waals surface area contributed by atoms with Crippen LogP contribution >= 0.6 is 11.6 Å². The monoisotopic (exact) mass is 408 g/mol. The second kappa shape index (κ2) is 7.59. The van der Waals surface area contributed by atoms with Crippen LogP contribution in [0.15, 0.2) is 91.0 Å². The number of anilines is 1. The Balaban J connectivity index is 1.37. The Morgan fingerprint density at radius 1 is 0.733 bits per heavy atom. The van der Waals surface area contributed by atoms with Gasteiger partial charge in [-0.15, -0.1) is 0 Å². The van der Waals surface area contributed by atoms with Gasteiger partial charge in [0.25, 0.3) is 0 Å². The summed E-state index contributed by atoms with van der Waals surface area (Å²) in [7, 11) is 0. The number of halogens is 1. The first kappa shape index (κ1) is 18.3. The number of nitrogens with one attached hydrogen (secondary N) is 1. The SMILES string of the molecule is N#Cc1ccc(-c2ccc(-c3ccc4c(c3)OC(c3ccc(Cl)cc3)N4)cc2)cc1. The Morgan fingerprint density at radius 3 is 1.93 bits per heavy atom. The Morgan fingerprint density at radius 2 is 1.30 bits per heavy atom. The molecule has 0 aromatic heterocycles. The molecule has 5 rings (SSSR count). The molecule has 4 aromatic carbocycles. The minimum absolute atomic E-state index is 0.216. The molecule has 1 N–H and O–H groups in total. The molecule has 3 nitrogen and oxygen atoms in total. The zero-order chi connectivity index (χ0) is 20.5. The van der Waals surface area contributed by atoms with E-state index >= 15 is 0 Å². The van der Waals surface area contributed by atoms with Gasteiger partial charge in [-0.2, -0.15) is 5.26 Å². The molecule has 1 atom stereocenters. The molecule has 0 saturated heterocycles. The maximum atomic E-state index is 8.95. The number of rotatable bonds is 3. The zero-order valence-electron chi connectivity index (χ0n) is 16.0. The highest BCUT2D eigenvalue weighted by atomic mass is 35.5. The molecular formula is C26H17ClN2O. The van der Waals surface area contributed by atoms with Crippen molar-refractivity contribution in [3.05, 3.63) is 107 Å². The van der Waals surface area contributed by atoms with Crippen molar-refractivity contribution < 1.29 is 4.74 Å². The van der Waals surface area contributed by atoms with Crippen molar-refractivity contribution in [1.82, 2.24) is 0 Å². The number of nitrogens with zero attached hydrogens (tertiary/aromatic N) is 1. The quantitative estimate of drug-likeness (QED) is 0.395. The first-order valence-electron chi connectivity index (χ1n) is 9.63. The molecular weight excluding hydrogens is 392 g/mol. The van der Waals surface area contributed by atoms with Crippen LogP contribution in [-0.2, 0) is 0 Å². The summed E-state index contributed by atoms with van der Waals surface area (Å²) >= 11 is 5.99. The van der Waals surface area contributed by atoms with Crippen LogP contribution in [0, 0.1) is 11.3 Å². The van der Waals surface area contributed by atoms with Crippen molar-refractivity contribution in [2.24, 2.45) is 0 Å². The predicted molar refractivity (Wildman–Crippen MR) is 120 cm³/mol. The highest BCUT2D eigenvalue weighted by Crippen LogP contribution is 2.40. The number of nitriles is 1. The average molecular weight is 409 g/mol. The van der Waals surface area contributed by atoms with Crippen molar-refractivity contribution >= 4 is 17.3 Å². The fourth-order valence-electron chi connectivity index (χ4n) is 3.60. The summed E-state index contributed by atoms with van der Waals surface area (Å²) in [5.74, 6) is 0.837. The van der Waals surface area contributed by atoms with Crippen molar-refractivity contribution in [2.75, 3.05) is 5.32 Å². The van der Waals surface area contributed by atoms with Crippen molar-refractivity contribution in [3.8, 4) is 34.1 Å². The second-order valence-electron chi connectivity index (χ2n) is 7.17. The van der Waals surface area contributed by atoms with Crippen LogP contribution < -0.4 is 10.1 Å². The van der Waals surface area contributed by atoms with E-state index in [9.17, 15) is 0 Å². The molecule has 0 radical (unpaired) electrons. The highest BCUT2D eigenvalue weighted by Gasteiger charge is 2.23. The molecule has 0 aliphatic carbocycles. The first-order chi connectivity index (χ1) is 14.7. The van der Waals surface area contributed by atoms with Gasteiger partial charge in [0.1, 0.15) is 5.75 Å². The van der Waals surface area contributed by atoms with E-state index in [4.69, 9.17) is 21.6 Å². The number of benzene rings is 4. The summed E-state index contributed by atoms with van der Waals surface area (Å²) < 4.78 is 6.13. The summed E-state index contributed by atoms with van der Waals surface area (Å²) in [5, 5.41) is 13.1. The standard InChI is InChI=1S/C26H17ClN2O/c27-23-12-9-21(10-13-23)26-29-24-14-11-22(15-25(24)30-26)20-7-5-19(6-8-20)18-3-1-17(16-28)2-4-18/h1-15,26,29H. The van der Waals surface area contributed by atoms with Crippen LogP contribution in [0.4, 0.5) is 5.69 Å². The summed E-state index contributed by atoms with van der Waals surface area (Å²) in [4.78, 5) is 0. The maximum absolute atomic E-state index is 8.95. The minimum atomic E-state index is -0.216. The molecule has 30 heavy (non-hydrogen) atoms. The van der Waals surface area contributed by atoms with Gasteiger partial charge in [0.15, 0.2) is 6.23 Å². The summed E-state index contributed by atoms with van der Waals surface area (Å²) in [6.07, 6.45) is -0.216. The lowest BCUT2D eigenvalue weighted by Crippen LogP contribution is -2.09. The van der Waals surface area contributed by atoms with Crippen LogP contribution in [0.2, 0.25) is 5.02 Å². The smallest absolute Gasteiger partial charge is 0.196 e. The van der Waals surface area contributed by atoms with Gasteiger partial charge in [-0.1, -0.05) is 66.2 Å². The van der Waals surface area contributed by atoms with E-state index in [2.05, 4.69) is 53.9 Å². The predicted octanol–water partition coefficient (Wildman–Crippen LogP) is 7.05. The normalized spacial score (nSPS) is 14.3. The fourth-order valence-corrected chi connectivity index (χ4v) is 3.72. The summed E-state index contributed by atoms with van der Waals surface area (Å²) in [6.45, 7) is 0. The highest BCUT2D eigenvalue weighted by molar-refractivity contribution is 6.30. The molecule has 0 bridgehead atoms. The molecule has 4 aromatic rings. The van der Waals surface area contributed by atoms with E-state index in [-0.39, 0.29) is 6.23 Å². The van der Waals surface area contributed by atoms with Gasteiger partial charge in [0.05, 0.1) is 17.3 Å². The van der Waals surface area contributed by atoms with Crippen LogP contribution in [0.5, 0.6) is 5.75 Å².